The van der Waals surface area contributed by atoms with Gasteiger partial charge in [0.25, 0.3) is 11.8 Å². The van der Waals surface area contributed by atoms with Gasteiger partial charge < -0.3 is 15.8 Å². The van der Waals surface area contributed by atoms with Gasteiger partial charge in [-0.25, -0.2) is 0 Å². The van der Waals surface area contributed by atoms with Crippen molar-refractivity contribution < 1.29 is 14.3 Å². The first-order chi connectivity index (χ1) is 13.5. The Morgan fingerprint density at radius 3 is 2.61 bits per heavy atom. The molecule has 3 N–H and O–H groups in total. The number of amides is 2. The highest BCUT2D eigenvalue weighted by Gasteiger charge is 2.16. The number of nitrogens with one attached hydrogen (secondary N) is 1. The number of benzene rings is 2. The molecule has 0 saturated carbocycles. The maximum atomic E-state index is 12.5. The molecule has 1 heterocycles. The van der Waals surface area contributed by atoms with Crippen LogP contribution in [0.3, 0.4) is 0 Å². The maximum Gasteiger partial charge on any atom is 0.271 e. The van der Waals surface area contributed by atoms with Crippen LogP contribution in [0.15, 0.2) is 54.7 Å². The lowest BCUT2D eigenvalue weighted by Crippen LogP contribution is -2.18. The zero-order valence-corrected chi connectivity index (χ0v) is 15.9. The van der Waals surface area contributed by atoms with E-state index >= 15 is 0 Å². The van der Waals surface area contributed by atoms with Crippen molar-refractivity contribution in [2.45, 2.75) is 20.1 Å². The summed E-state index contributed by atoms with van der Waals surface area (Å²) >= 11 is 5.93. The van der Waals surface area contributed by atoms with Crippen LogP contribution in [0.2, 0.25) is 5.02 Å². The molecule has 0 fully saturated rings. The Hall–Kier alpha value is -3.32. The van der Waals surface area contributed by atoms with Crippen LogP contribution < -0.4 is 15.8 Å². The molecular weight excluding hydrogens is 380 g/mol. The van der Waals surface area contributed by atoms with Gasteiger partial charge in [-0.2, -0.15) is 5.10 Å². The smallest absolute Gasteiger partial charge is 0.271 e. The number of rotatable bonds is 7. The second-order valence-corrected chi connectivity index (χ2v) is 6.44. The fourth-order valence-electron chi connectivity index (χ4n) is 2.53. The predicted molar refractivity (Wildman–Crippen MR) is 107 cm³/mol. The first-order valence-electron chi connectivity index (χ1n) is 8.62. The van der Waals surface area contributed by atoms with Crippen molar-refractivity contribution in [1.29, 1.82) is 0 Å². The summed E-state index contributed by atoms with van der Waals surface area (Å²) in [6.07, 6.45) is 1.57. The predicted octanol–water partition coefficient (Wildman–Crippen LogP) is 3.49. The molecule has 0 bridgehead atoms. The summed E-state index contributed by atoms with van der Waals surface area (Å²) < 4.78 is 7.21. The van der Waals surface area contributed by atoms with Crippen LogP contribution in [-0.4, -0.2) is 21.6 Å². The Labute approximate surface area is 167 Å². The Morgan fingerprint density at radius 2 is 1.96 bits per heavy atom. The van der Waals surface area contributed by atoms with Crippen molar-refractivity contribution in [3.63, 3.8) is 0 Å². The molecule has 2 amide bonds. The lowest BCUT2D eigenvalue weighted by atomic mass is 10.1. The minimum Gasteiger partial charge on any atom is -0.489 e. The fraction of sp³-hybridized carbons (Fsp3) is 0.150. The molecule has 144 valence electrons. The van der Waals surface area contributed by atoms with Gasteiger partial charge >= 0.3 is 0 Å². The van der Waals surface area contributed by atoms with E-state index in [4.69, 9.17) is 22.1 Å². The third kappa shape index (κ3) is 4.69. The summed E-state index contributed by atoms with van der Waals surface area (Å²) in [5.74, 6) is -0.391. The van der Waals surface area contributed by atoms with Gasteiger partial charge in [0, 0.05) is 23.3 Å². The molecule has 0 aliphatic carbocycles. The molecule has 3 aromatic rings. The van der Waals surface area contributed by atoms with E-state index in [9.17, 15) is 9.59 Å². The number of carbonyl (C=O) groups is 2. The van der Waals surface area contributed by atoms with Crippen molar-refractivity contribution in [1.82, 2.24) is 9.78 Å². The number of hydrogen-bond acceptors (Lipinski definition) is 4. The lowest BCUT2D eigenvalue weighted by Gasteiger charge is -2.08. The van der Waals surface area contributed by atoms with Crippen molar-refractivity contribution in [3.8, 4) is 5.75 Å². The van der Waals surface area contributed by atoms with Gasteiger partial charge in [-0.15, -0.1) is 0 Å². The van der Waals surface area contributed by atoms with Gasteiger partial charge in [-0.1, -0.05) is 29.8 Å². The summed E-state index contributed by atoms with van der Waals surface area (Å²) in [5.41, 5.74) is 6.97. The Kier molecular flexibility index (Phi) is 5.96. The molecule has 0 aliphatic heterocycles. The third-order valence-electron chi connectivity index (χ3n) is 3.98. The van der Waals surface area contributed by atoms with Crippen LogP contribution in [-0.2, 0) is 13.2 Å². The first-order valence-corrected chi connectivity index (χ1v) is 9.00. The van der Waals surface area contributed by atoms with Crippen LogP contribution in [0.1, 0.15) is 33.3 Å². The molecule has 3 rings (SSSR count). The van der Waals surface area contributed by atoms with E-state index in [1.165, 1.54) is 4.68 Å². The van der Waals surface area contributed by atoms with Crippen LogP contribution in [0.5, 0.6) is 5.75 Å². The Morgan fingerprint density at radius 1 is 1.21 bits per heavy atom. The molecule has 1 aromatic heterocycles. The minimum atomic E-state index is -0.698. The van der Waals surface area contributed by atoms with Crippen molar-refractivity contribution in [2.24, 2.45) is 5.73 Å². The molecule has 0 saturated heterocycles. The molecule has 8 heteroatoms. The second-order valence-electron chi connectivity index (χ2n) is 6.01. The van der Waals surface area contributed by atoms with Crippen LogP contribution in [0.4, 0.5) is 5.69 Å². The quantitative estimate of drug-likeness (QED) is 0.636. The van der Waals surface area contributed by atoms with Crippen molar-refractivity contribution in [3.05, 3.63) is 76.6 Å². The van der Waals surface area contributed by atoms with E-state index in [1.807, 2.05) is 19.1 Å². The highest BCUT2D eigenvalue weighted by atomic mass is 35.5. The topological polar surface area (TPSA) is 99.2 Å². The minimum absolute atomic E-state index is 0.0294. The SMILES string of the molecule is CCn1cc(NC(=O)c2ccc(COc3cccc(Cl)c3)cc2)c(C(N)=O)n1. The first kappa shape index (κ1) is 19.4. The molecular formula is C20H19ClN4O3. The van der Waals surface area contributed by atoms with Crippen LogP contribution >= 0.6 is 11.6 Å². The van der Waals surface area contributed by atoms with Crippen LogP contribution in [0.25, 0.3) is 0 Å². The number of primary amides is 1. The van der Waals surface area contributed by atoms with E-state index < -0.39 is 5.91 Å². The number of aromatic nitrogens is 2. The van der Waals surface area contributed by atoms with E-state index in [0.29, 0.717) is 29.5 Å². The lowest BCUT2D eigenvalue weighted by molar-refractivity contribution is 0.0995. The molecule has 0 radical (unpaired) electrons. The van der Waals surface area contributed by atoms with Crippen molar-refractivity contribution in [2.75, 3.05) is 5.32 Å². The zero-order valence-electron chi connectivity index (χ0n) is 15.2. The number of nitrogens with zero attached hydrogens (tertiary/aromatic N) is 2. The number of carbonyl (C=O) groups excluding carboxylic acids is 2. The molecule has 0 aliphatic rings. The number of halogens is 1. The van der Waals surface area contributed by atoms with E-state index in [1.54, 1.807) is 42.6 Å². The molecule has 7 nitrogen and oxygen atoms in total. The Balaban J connectivity index is 1.65. The maximum absolute atomic E-state index is 12.5. The molecule has 0 atom stereocenters. The average Bonchev–Trinajstić information content (AvgIpc) is 3.10. The summed E-state index contributed by atoms with van der Waals surface area (Å²) in [7, 11) is 0. The van der Waals surface area contributed by atoms with E-state index in [2.05, 4.69) is 10.4 Å². The number of hydrogen-bond donors (Lipinski definition) is 2. The molecule has 28 heavy (non-hydrogen) atoms. The van der Waals surface area contributed by atoms with Gasteiger partial charge in [0.2, 0.25) is 0 Å². The molecule has 2 aromatic carbocycles. The van der Waals surface area contributed by atoms with E-state index in [-0.39, 0.29) is 17.3 Å². The largest absolute Gasteiger partial charge is 0.489 e. The average molecular weight is 399 g/mol. The number of ether oxygens (including phenoxy) is 1. The van der Waals surface area contributed by atoms with Crippen LogP contribution in [0, 0.1) is 0 Å². The summed E-state index contributed by atoms with van der Waals surface area (Å²) in [6.45, 7) is 2.77. The third-order valence-corrected chi connectivity index (χ3v) is 4.22. The fourth-order valence-corrected chi connectivity index (χ4v) is 2.71. The normalized spacial score (nSPS) is 10.5. The van der Waals surface area contributed by atoms with Gasteiger partial charge in [0.15, 0.2) is 5.69 Å². The standard InChI is InChI=1S/C20H19ClN4O3/c1-2-25-11-17(18(24-25)19(22)26)23-20(27)14-8-6-13(7-9-14)12-28-16-5-3-4-15(21)10-16/h3-11H,2,12H2,1H3,(H2,22,26)(H,23,27). The molecule has 0 spiro atoms. The van der Waals surface area contributed by atoms with E-state index in [0.717, 1.165) is 5.56 Å². The monoisotopic (exact) mass is 398 g/mol. The highest BCUT2D eigenvalue weighted by Crippen LogP contribution is 2.19. The number of nitrogens with two attached hydrogens (primary N) is 1. The van der Waals surface area contributed by atoms with Gasteiger partial charge in [0.1, 0.15) is 12.4 Å². The molecule has 0 unspecified atom stereocenters. The Bertz CT molecular complexity index is 999. The van der Waals surface area contributed by atoms with Crippen molar-refractivity contribution >= 4 is 29.1 Å². The summed E-state index contributed by atoms with van der Waals surface area (Å²) in [4.78, 5) is 24.0. The highest BCUT2D eigenvalue weighted by molar-refractivity contribution is 6.30. The number of anilines is 1. The zero-order chi connectivity index (χ0) is 20.1. The van der Waals surface area contributed by atoms with Gasteiger partial charge in [-0.3, -0.25) is 14.3 Å². The number of aryl methyl sites for hydroxylation is 1. The summed E-state index contributed by atoms with van der Waals surface area (Å²) in [6, 6.07) is 14.1. The second kappa shape index (κ2) is 8.58. The summed E-state index contributed by atoms with van der Waals surface area (Å²) in [5, 5.41) is 7.33. The van der Waals surface area contributed by atoms with Gasteiger partial charge in [-0.05, 0) is 42.8 Å². The van der Waals surface area contributed by atoms with Gasteiger partial charge in [0.05, 0.1) is 5.69 Å².